The largest absolute Gasteiger partial charge is 0.496 e. The van der Waals surface area contributed by atoms with Gasteiger partial charge in [-0.05, 0) is 31.9 Å². The van der Waals surface area contributed by atoms with Crippen LogP contribution in [0.3, 0.4) is 0 Å². The van der Waals surface area contributed by atoms with E-state index >= 15 is 0 Å². The molecule has 0 spiro atoms. The number of benzene rings is 1. The number of ether oxygens (including phenoxy) is 2. The van der Waals surface area contributed by atoms with Crippen LogP contribution in [0.5, 0.6) is 5.75 Å². The number of para-hydroxylation sites is 1. The summed E-state index contributed by atoms with van der Waals surface area (Å²) in [6.07, 6.45) is 2.32. The van der Waals surface area contributed by atoms with Gasteiger partial charge in [0, 0.05) is 37.9 Å². The molecule has 1 atom stereocenters. The van der Waals surface area contributed by atoms with Gasteiger partial charge in [0.15, 0.2) is 0 Å². The van der Waals surface area contributed by atoms with Crippen LogP contribution in [0.2, 0.25) is 0 Å². The van der Waals surface area contributed by atoms with Crippen molar-refractivity contribution in [1.29, 1.82) is 0 Å². The Labute approximate surface area is 121 Å². The molecule has 1 aromatic rings. The molecule has 2 N–H and O–H groups in total. The molecule has 1 fully saturated rings. The Morgan fingerprint density at radius 3 is 2.75 bits per heavy atom. The first-order chi connectivity index (χ1) is 9.70. The Hall–Kier alpha value is -1.10. The van der Waals surface area contributed by atoms with E-state index in [4.69, 9.17) is 15.2 Å². The number of methoxy groups -OCH3 is 1. The van der Waals surface area contributed by atoms with Crippen LogP contribution < -0.4 is 10.5 Å². The minimum absolute atomic E-state index is 0.0176. The predicted octanol–water partition coefficient (Wildman–Crippen LogP) is 2.05. The second-order valence-electron chi connectivity index (χ2n) is 5.63. The van der Waals surface area contributed by atoms with Crippen LogP contribution >= 0.6 is 0 Å². The van der Waals surface area contributed by atoms with Crippen LogP contribution in [-0.2, 0) is 4.74 Å². The van der Waals surface area contributed by atoms with Crippen LogP contribution in [0.25, 0.3) is 0 Å². The number of nitrogens with zero attached hydrogens (tertiary/aromatic N) is 1. The highest BCUT2D eigenvalue weighted by Gasteiger charge is 2.18. The van der Waals surface area contributed by atoms with Crippen LogP contribution in [0.4, 0.5) is 0 Å². The number of nitrogens with two attached hydrogens (primary N) is 1. The molecular weight excluding hydrogens is 252 g/mol. The second-order valence-corrected chi connectivity index (χ2v) is 5.63. The zero-order valence-corrected chi connectivity index (χ0v) is 12.5. The van der Waals surface area contributed by atoms with E-state index in [1.807, 2.05) is 24.3 Å². The molecule has 1 aromatic carbocycles. The zero-order chi connectivity index (χ0) is 14.4. The fourth-order valence-corrected chi connectivity index (χ4v) is 2.85. The summed E-state index contributed by atoms with van der Waals surface area (Å²) in [5.41, 5.74) is 7.41. The van der Waals surface area contributed by atoms with E-state index in [-0.39, 0.29) is 6.04 Å². The third-order valence-corrected chi connectivity index (χ3v) is 3.96. The van der Waals surface area contributed by atoms with Gasteiger partial charge in [-0.3, -0.25) is 0 Å². The average Bonchev–Trinajstić information content (AvgIpc) is 2.48. The third kappa shape index (κ3) is 4.20. The molecule has 112 valence electrons. The van der Waals surface area contributed by atoms with E-state index < -0.39 is 0 Å². The molecule has 1 aliphatic heterocycles. The lowest BCUT2D eigenvalue weighted by Gasteiger charge is -2.29. The highest BCUT2D eigenvalue weighted by atomic mass is 16.5. The SMILES string of the molecule is COc1ccccc1C(N)CN(C)CC1CCOCC1. The van der Waals surface area contributed by atoms with E-state index in [9.17, 15) is 0 Å². The van der Waals surface area contributed by atoms with Crippen molar-refractivity contribution in [2.24, 2.45) is 11.7 Å². The van der Waals surface area contributed by atoms with Crippen molar-refractivity contribution in [2.45, 2.75) is 18.9 Å². The molecule has 2 rings (SSSR count). The average molecular weight is 278 g/mol. The molecule has 0 aliphatic carbocycles. The Balaban J connectivity index is 1.87. The van der Waals surface area contributed by atoms with Crippen molar-refractivity contribution in [3.8, 4) is 5.75 Å². The van der Waals surface area contributed by atoms with E-state index in [1.54, 1.807) is 7.11 Å². The monoisotopic (exact) mass is 278 g/mol. The first-order valence-corrected chi connectivity index (χ1v) is 7.35. The van der Waals surface area contributed by atoms with Crippen molar-refractivity contribution in [3.05, 3.63) is 29.8 Å². The molecular formula is C16H26N2O2. The van der Waals surface area contributed by atoms with Crippen molar-refractivity contribution in [3.63, 3.8) is 0 Å². The smallest absolute Gasteiger partial charge is 0.123 e. The van der Waals surface area contributed by atoms with Gasteiger partial charge in [-0.2, -0.15) is 0 Å². The van der Waals surface area contributed by atoms with Crippen molar-refractivity contribution in [1.82, 2.24) is 4.90 Å². The summed E-state index contributed by atoms with van der Waals surface area (Å²) in [7, 11) is 3.84. The summed E-state index contributed by atoms with van der Waals surface area (Å²) in [5, 5.41) is 0. The van der Waals surface area contributed by atoms with Crippen LogP contribution in [0.15, 0.2) is 24.3 Å². The first kappa shape index (κ1) is 15.3. The van der Waals surface area contributed by atoms with E-state index in [1.165, 1.54) is 0 Å². The molecule has 4 heteroatoms. The molecule has 0 radical (unpaired) electrons. The fourth-order valence-electron chi connectivity index (χ4n) is 2.85. The highest BCUT2D eigenvalue weighted by molar-refractivity contribution is 5.35. The lowest BCUT2D eigenvalue weighted by atomic mass is 9.99. The highest BCUT2D eigenvalue weighted by Crippen LogP contribution is 2.24. The van der Waals surface area contributed by atoms with Crippen LogP contribution in [-0.4, -0.2) is 45.4 Å². The quantitative estimate of drug-likeness (QED) is 0.865. The fraction of sp³-hybridized carbons (Fsp3) is 0.625. The van der Waals surface area contributed by atoms with Gasteiger partial charge in [0.25, 0.3) is 0 Å². The normalized spacial score (nSPS) is 18.2. The van der Waals surface area contributed by atoms with E-state index in [0.29, 0.717) is 0 Å². The minimum atomic E-state index is -0.0176. The van der Waals surface area contributed by atoms with Gasteiger partial charge in [-0.15, -0.1) is 0 Å². The Bertz CT molecular complexity index is 405. The van der Waals surface area contributed by atoms with Gasteiger partial charge in [0.2, 0.25) is 0 Å². The standard InChI is InChI=1S/C16H26N2O2/c1-18(11-13-7-9-20-10-8-13)12-15(17)14-5-3-4-6-16(14)19-2/h3-6,13,15H,7-12,17H2,1-2H3. The summed E-state index contributed by atoms with van der Waals surface area (Å²) in [6, 6.07) is 7.98. The molecule has 0 saturated carbocycles. The zero-order valence-electron chi connectivity index (χ0n) is 12.5. The Kier molecular flexibility index (Phi) is 5.83. The Morgan fingerprint density at radius 1 is 1.35 bits per heavy atom. The molecule has 1 saturated heterocycles. The minimum Gasteiger partial charge on any atom is -0.496 e. The summed E-state index contributed by atoms with van der Waals surface area (Å²) in [5.74, 6) is 1.61. The predicted molar refractivity (Wildman–Crippen MR) is 81.0 cm³/mol. The molecule has 20 heavy (non-hydrogen) atoms. The molecule has 4 nitrogen and oxygen atoms in total. The molecule has 0 aromatic heterocycles. The topological polar surface area (TPSA) is 47.7 Å². The maximum absolute atomic E-state index is 6.33. The van der Waals surface area contributed by atoms with Crippen LogP contribution in [0.1, 0.15) is 24.4 Å². The van der Waals surface area contributed by atoms with E-state index in [0.717, 1.165) is 56.4 Å². The van der Waals surface area contributed by atoms with Crippen molar-refractivity contribution in [2.75, 3.05) is 40.5 Å². The van der Waals surface area contributed by atoms with Gasteiger partial charge < -0.3 is 20.1 Å². The number of hydrogen-bond acceptors (Lipinski definition) is 4. The van der Waals surface area contributed by atoms with Crippen molar-refractivity contribution < 1.29 is 9.47 Å². The maximum atomic E-state index is 6.33. The lowest BCUT2D eigenvalue weighted by Crippen LogP contribution is -2.34. The summed E-state index contributed by atoms with van der Waals surface area (Å²) >= 11 is 0. The van der Waals surface area contributed by atoms with Gasteiger partial charge in [0.05, 0.1) is 7.11 Å². The molecule has 1 heterocycles. The summed E-state index contributed by atoms with van der Waals surface area (Å²) in [4.78, 5) is 2.33. The van der Waals surface area contributed by atoms with Gasteiger partial charge >= 0.3 is 0 Å². The third-order valence-electron chi connectivity index (χ3n) is 3.96. The number of likely N-dealkylation sites (N-methyl/N-ethyl adjacent to an activating group) is 1. The molecule has 0 bridgehead atoms. The van der Waals surface area contributed by atoms with Gasteiger partial charge in [0.1, 0.15) is 5.75 Å². The Morgan fingerprint density at radius 2 is 2.05 bits per heavy atom. The molecule has 1 unspecified atom stereocenters. The van der Waals surface area contributed by atoms with Crippen molar-refractivity contribution >= 4 is 0 Å². The van der Waals surface area contributed by atoms with Gasteiger partial charge in [-0.25, -0.2) is 0 Å². The lowest BCUT2D eigenvalue weighted by molar-refractivity contribution is 0.0551. The maximum Gasteiger partial charge on any atom is 0.123 e. The molecule has 0 amide bonds. The van der Waals surface area contributed by atoms with E-state index in [2.05, 4.69) is 11.9 Å². The number of hydrogen-bond donors (Lipinski definition) is 1. The van der Waals surface area contributed by atoms with Crippen LogP contribution in [0, 0.1) is 5.92 Å². The summed E-state index contributed by atoms with van der Waals surface area (Å²) in [6.45, 7) is 3.73. The van der Waals surface area contributed by atoms with Gasteiger partial charge in [-0.1, -0.05) is 18.2 Å². The summed E-state index contributed by atoms with van der Waals surface area (Å²) < 4.78 is 10.8. The number of rotatable bonds is 6. The molecule has 1 aliphatic rings. The first-order valence-electron chi connectivity index (χ1n) is 7.35. The second kappa shape index (κ2) is 7.62.